The van der Waals surface area contributed by atoms with E-state index in [4.69, 9.17) is 23.7 Å². The molecule has 0 amide bonds. The molecule has 2 aliphatic heterocycles. The van der Waals surface area contributed by atoms with Gasteiger partial charge in [0, 0.05) is 23.3 Å². The van der Waals surface area contributed by atoms with Gasteiger partial charge in [-0.25, -0.2) is 4.79 Å². The number of benzene rings is 2. The third kappa shape index (κ3) is 6.42. The molecule has 2 aromatic rings. The summed E-state index contributed by atoms with van der Waals surface area (Å²) in [5.41, 5.74) is 2.51. The van der Waals surface area contributed by atoms with Crippen LogP contribution in [0.3, 0.4) is 0 Å². The number of aliphatic hydroxyl groups is 7. The number of rotatable bonds is 11. The monoisotopic (exact) mass is 620 g/mol. The molecule has 1 aliphatic carbocycles. The SMILES string of the molecule is O=C(OCCCCO[C@H]1O[C@H](CO[C@H]2O[C@H](CO)[C@@H](O)[C@H](O)[C@H]2O)[C@@H](O)[C@H](O)[C@H]1O)c1cccc2c1-c1ccccc1C2=O. The zero-order valence-corrected chi connectivity index (χ0v) is 23.5. The highest BCUT2D eigenvalue weighted by atomic mass is 16.7. The van der Waals surface area contributed by atoms with Crippen LogP contribution in [0.5, 0.6) is 0 Å². The van der Waals surface area contributed by atoms with E-state index in [9.17, 15) is 45.3 Å². The summed E-state index contributed by atoms with van der Waals surface area (Å²) in [6.45, 7) is -1.04. The van der Waals surface area contributed by atoms with Crippen molar-refractivity contribution in [2.75, 3.05) is 26.4 Å². The van der Waals surface area contributed by atoms with Crippen molar-refractivity contribution >= 4 is 11.8 Å². The second-order valence-electron chi connectivity index (χ2n) is 10.9. The number of carbonyl (C=O) groups excluding carboxylic acids is 2. The number of ether oxygens (including phenoxy) is 5. The normalized spacial score (nSPS) is 33.1. The van der Waals surface area contributed by atoms with Gasteiger partial charge in [0.15, 0.2) is 18.4 Å². The highest BCUT2D eigenvalue weighted by Crippen LogP contribution is 2.39. The second kappa shape index (κ2) is 14.1. The Hall–Kier alpha value is -2.86. The Morgan fingerprint density at radius 3 is 1.98 bits per heavy atom. The number of hydrogen-bond donors (Lipinski definition) is 7. The van der Waals surface area contributed by atoms with Gasteiger partial charge in [-0.3, -0.25) is 4.79 Å². The van der Waals surface area contributed by atoms with Gasteiger partial charge in [-0.1, -0.05) is 36.4 Å². The van der Waals surface area contributed by atoms with E-state index in [1.54, 1.807) is 42.5 Å². The summed E-state index contributed by atoms with van der Waals surface area (Å²) >= 11 is 0. The standard InChI is InChI=1S/C30H36O14/c31-12-18-22(33)24(35)27(38)30(43-18)42-13-19-23(34)25(36)26(37)29(44-19)41-11-4-3-10-40-28(39)17-9-5-8-16-20(17)14-6-1-2-7-15(14)21(16)32/h1-2,5-9,18-19,22-27,29-31,33-38H,3-4,10-13H2/t18-,19-,22-,23-,24+,25+,26-,27-,29+,30+/m1/s1. The minimum absolute atomic E-state index is 0.0327. The Kier molecular flexibility index (Phi) is 10.4. The zero-order chi connectivity index (χ0) is 31.5. The smallest absolute Gasteiger partial charge is 0.338 e. The fourth-order valence-electron chi connectivity index (χ4n) is 5.48. The van der Waals surface area contributed by atoms with Gasteiger partial charge in [0.1, 0.15) is 48.8 Å². The molecule has 3 aliphatic rings. The summed E-state index contributed by atoms with van der Waals surface area (Å²) in [6.07, 6.45) is -14.3. The molecule has 14 heteroatoms. The third-order valence-corrected chi connectivity index (χ3v) is 7.97. The van der Waals surface area contributed by atoms with Crippen LogP contribution < -0.4 is 0 Å². The number of hydrogen-bond acceptors (Lipinski definition) is 14. The molecule has 10 atom stereocenters. The third-order valence-electron chi connectivity index (χ3n) is 7.97. The van der Waals surface area contributed by atoms with Crippen molar-refractivity contribution in [1.29, 1.82) is 0 Å². The van der Waals surface area contributed by atoms with E-state index >= 15 is 0 Å². The quantitative estimate of drug-likeness (QED) is 0.0956. The summed E-state index contributed by atoms with van der Waals surface area (Å²) in [6, 6.07) is 12.0. The predicted molar refractivity (Wildman–Crippen MR) is 147 cm³/mol. The van der Waals surface area contributed by atoms with E-state index in [1.165, 1.54) is 0 Å². The summed E-state index contributed by atoms with van der Waals surface area (Å²) in [4.78, 5) is 25.6. The molecule has 2 aromatic carbocycles. The number of carbonyl (C=O) groups is 2. The van der Waals surface area contributed by atoms with Crippen molar-refractivity contribution in [3.63, 3.8) is 0 Å². The van der Waals surface area contributed by atoms with Crippen LogP contribution in [0.15, 0.2) is 42.5 Å². The van der Waals surface area contributed by atoms with Gasteiger partial charge in [-0.15, -0.1) is 0 Å². The maximum atomic E-state index is 12.9. The van der Waals surface area contributed by atoms with E-state index < -0.39 is 80.6 Å². The molecule has 0 bridgehead atoms. The largest absolute Gasteiger partial charge is 0.462 e. The number of fused-ring (bicyclic) bond motifs is 3. The van der Waals surface area contributed by atoms with E-state index in [0.717, 1.165) is 0 Å². The molecule has 2 heterocycles. The Balaban J connectivity index is 1.08. The van der Waals surface area contributed by atoms with Crippen molar-refractivity contribution in [2.45, 2.75) is 74.3 Å². The molecule has 2 fully saturated rings. The van der Waals surface area contributed by atoms with Crippen molar-refractivity contribution in [3.05, 3.63) is 59.2 Å². The molecule has 0 unspecified atom stereocenters. The van der Waals surface area contributed by atoms with Gasteiger partial charge in [0.25, 0.3) is 0 Å². The van der Waals surface area contributed by atoms with Crippen molar-refractivity contribution in [3.8, 4) is 11.1 Å². The fourth-order valence-corrected chi connectivity index (χ4v) is 5.48. The van der Waals surface area contributed by atoms with Crippen LogP contribution in [0, 0.1) is 0 Å². The summed E-state index contributed by atoms with van der Waals surface area (Å²) in [7, 11) is 0. The van der Waals surface area contributed by atoms with Crippen LogP contribution in [0.1, 0.15) is 39.1 Å². The molecule has 7 N–H and O–H groups in total. The summed E-state index contributed by atoms with van der Waals surface area (Å²) in [5, 5.41) is 70.3. The summed E-state index contributed by atoms with van der Waals surface area (Å²) < 4.78 is 27.2. The molecule has 0 saturated carbocycles. The first kappa shape index (κ1) is 32.5. The van der Waals surface area contributed by atoms with Crippen LogP contribution in [0.25, 0.3) is 11.1 Å². The van der Waals surface area contributed by atoms with Gasteiger partial charge in [-0.05, 0) is 24.5 Å². The first-order chi connectivity index (χ1) is 21.1. The average Bonchev–Trinajstić information content (AvgIpc) is 3.33. The fraction of sp³-hybridized carbons (Fsp3) is 0.533. The van der Waals surface area contributed by atoms with Crippen molar-refractivity contribution < 1.29 is 69.0 Å². The molecule has 240 valence electrons. The highest BCUT2D eigenvalue weighted by Gasteiger charge is 2.47. The predicted octanol–water partition coefficient (Wildman–Crippen LogP) is -1.52. The Labute approximate surface area is 251 Å². The topological polar surface area (TPSA) is 222 Å². The number of aliphatic hydroxyl groups excluding tert-OH is 7. The van der Waals surface area contributed by atoms with Gasteiger partial charge >= 0.3 is 5.97 Å². The summed E-state index contributed by atoms with van der Waals surface area (Å²) in [5.74, 6) is -0.715. The van der Waals surface area contributed by atoms with Crippen molar-refractivity contribution in [1.82, 2.24) is 0 Å². The molecule has 0 radical (unpaired) electrons. The van der Waals surface area contributed by atoms with Gasteiger partial charge in [-0.2, -0.15) is 0 Å². The lowest BCUT2D eigenvalue weighted by molar-refractivity contribution is -0.331. The number of unbranched alkanes of at least 4 members (excludes halogenated alkanes) is 1. The lowest BCUT2D eigenvalue weighted by atomic mass is 9.98. The van der Waals surface area contributed by atoms with Crippen LogP contribution >= 0.6 is 0 Å². The Morgan fingerprint density at radius 2 is 1.27 bits per heavy atom. The molecular weight excluding hydrogens is 584 g/mol. The zero-order valence-electron chi connectivity index (χ0n) is 23.5. The molecule has 5 rings (SSSR count). The van der Waals surface area contributed by atoms with E-state index in [2.05, 4.69) is 0 Å². The maximum Gasteiger partial charge on any atom is 0.338 e. The molecular formula is C30H36O14. The molecule has 0 aromatic heterocycles. The number of esters is 1. The van der Waals surface area contributed by atoms with Crippen molar-refractivity contribution in [2.24, 2.45) is 0 Å². The lowest BCUT2D eigenvalue weighted by Crippen LogP contribution is -2.61. The minimum Gasteiger partial charge on any atom is -0.462 e. The van der Waals surface area contributed by atoms with Gasteiger partial charge in [0.05, 0.1) is 25.4 Å². The van der Waals surface area contributed by atoms with Crippen LogP contribution in [0.4, 0.5) is 0 Å². The second-order valence-corrected chi connectivity index (χ2v) is 10.9. The first-order valence-corrected chi connectivity index (χ1v) is 14.3. The van der Waals surface area contributed by atoms with E-state index in [-0.39, 0.29) is 19.0 Å². The number of ketones is 1. The van der Waals surface area contributed by atoms with E-state index in [0.29, 0.717) is 40.7 Å². The highest BCUT2D eigenvalue weighted by molar-refractivity contribution is 6.24. The molecule has 44 heavy (non-hydrogen) atoms. The van der Waals surface area contributed by atoms with Crippen LogP contribution in [-0.4, -0.2) is 135 Å². The molecule has 2 saturated heterocycles. The van der Waals surface area contributed by atoms with Gasteiger partial charge < -0.3 is 59.4 Å². The van der Waals surface area contributed by atoms with E-state index in [1.807, 2.05) is 0 Å². The Morgan fingerprint density at radius 1 is 0.682 bits per heavy atom. The Bertz CT molecular complexity index is 1320. The molecule has 0 spiro atoms. The maximum absolute atomic E-state index is 12.9. The van der Waals surface area contributed by atoms with Crippen LogP contribution in [-0.2, 0) is 23.7 Å². The van der Waals surface area contributed by atoms with Gasteiger partial charge in [0.2, 0.25) is 0 Å². The molecule has 14 nitrogen and oxygen atoms in total. The van der Waals surface area contributed by atoms with Crippen LogP contribution in [0.2, 0.25) is 0 Å². The minimum atomic E-state index is -1.67. The first-order valence-electron chi connectivity index (χ1n) is 14.3. The lowest BCUT2D eigenvalue weighted by Gasteiger charge is -2.42. The average molecular weight is 621 g/mol.